The van der Waals surface area contributed by atoms with Crippen molar-refractivity contribution in [2.24, 2.45) is 0 Å². The molecule has 2 aromatic carbocycles. The van der Waals surface area contributed by atoms with E-state index in [1.807, 2.05) is 24.3 Å². The van der Waals surface area contributed by atoms with Crippen molar-refractivity contribution in [1.82, 2.24) is 0 Å². The van der Waals surface area contributed by atoms with Gasteiger partial charge >= 0.3 is 0 Å². The number of fused-ring (bicyclic) bond motifs is 1. The molecule has 0 saturated heterocycles. The van der Waals surface area contributed by atoms with E-state index in [9.17, 15) is 4.39 Å². The summed E-state index contributed by atoms with van der Waals surface area (Å²) in [5.41, 5.74) is 0. The Morgan fingerprint density at radius 2 is 1.92 bits per heavy atom. The Morgan fingerprint density at radius 3 is 2.75 bits per heavy atom. The smallest absolute Gasteiger partial charge is 0.131 e. The van der Waals surface area contributed by atoms with Gasteiger partial charge in [-0.3, -0.25) is 0 Å². The lowest BCUT2D eigenvalue weighted by Crippen LogP contribution is -1.79. The molecule has 0 saturated carbocycles. The topological polar surface area (TPSA) is 0 Å². The fourth-order valence-electron chi connectivity index (χ4n) is 1.21. The summed E-state index contributed by atoms with van der Waals surface area (Å²) in [7, 11) is 0. The Labute approximate surface area is 83.5 Å². The van der Waals surface area contributed by atoms with Gasteiger partial charge < -0.3 is 0 Å². The minimum absolute atomic E-state index is 0.147. The SMILES string of the molecule is Fc1cccc2ccc(I)cc12. The summed E-state index contributed by atoms with van der Waals surface area (Å²) in [6.07, 6.45) is 0. The first-order valence-corrected chi connectivity index (χ1v) is 4.69. The monoisotopic (exact) mass is 272 g/mol. The number of benzene rings is 2. The maximum absolute atomic E-state index is 13.2. The average molecular weight is 272 g/mol. The average Bonchev–Trinajstić information content (AvgIpc) is 2.07. The van der Waals surface area contributed by atoms with Gasteiger partial charge in [0.05, 0.1) is 0 Å². The largest absolute Gasteiger partial charge is 0.206 e. The molecule has 0 bridgehead atoms. The molecule has 2 aromatic rings. The van der Waals surface area contributed by atoms with E-state index in [0.29, 0.717) is 5.39 Å². The molecular formula is C10H6FI. The van der Waals surface area contributed by atoms with Gasteiger partial charge in [0.2, 0.25) is 0 Å². The van der Waals surface area contributed by atoms with Gasteiger partial charge in [-0.1, -0.05) is 18.2 Å². The van der Waals surface area contributed by atoms with Crippen LogP contribution in [0.15, 0.2) is 36.4 Å². The second-order valence-corrected chi connectivity index (χ2v) is 3.85. The van der Waals surface area contributed by atoms with Crippen molar-refractivity contribution in [3.63, 3.8) is 0 Å². The molecule has 12 heavy (non-hydrogen) atoms. The van der Waals surface area contributed by atoms with E-state index in [4.69, 9.17) is 0 Å². The summed E-state index contributed by atoms with van der Waals surface area (Å²) >= 11 is 2.18. The van der Waals surface area contributed by atoms with Crippen LogP contribution < -0.4 is 0 Å². The number of hydrogen-bond donors (Lipinski definition) is 0. The van der Waals surface area contributed by atoms with E-state index in [0.717, 1.165) is 8.96 Å². The van der Waals surface area contributed by atoms with Crippen molar-refractivity contribution in [2.45, 2.75) is 0 Å². The lowest BCUT2D eigenvalue weighted by molar-refractivity contribution is 0.640. The third kappa shape index (κ3) is 1.31. The minimum Gasteiger partial charge on any atom is -0.206 e. The molecule has 2 rings (SSSR count). The van der Waals surface area contributed by atoms with Crippen molar-refractivity contribution in [3.8, 4) is 0 Å². The van der Waals surface area contributed by atoms with Crippen LogP contribution >= 0.6 is 22.6 Å². The van der Waals surface area contributed by atoms with E-state index in [1.54, 1.807) is 6.07 Å². The van der Waals surface area contributed by atoms with Crippen LogP contribution in [-0.2, 0) is 0 Å². The van der Waals surface area contributed by atoms with Crippen LogP contribution in [0.25, 0.3) is 10.8 Å². The Bertz CT molecular complexity index is 423. The Kier molecular flexibility index (Phi) is 2.00. The molecule has 0 atom stereocenters. The molecule has 0 spiro atoms. The zero-order chi connectivity index (χ0) is 8.55. The summed E-state index contributed by atoms with van der Waals surface area (Å²) in [5, 5.41) is 1.65. The van der Waals surface area contributed by atoms with Crippen molar-refractivity contribution in [1.29, 1.82) is 0 Å². The fourth-order valence-corrected chi connectivity index (χ4v) is 1.70. The van der Waals surface area contributed by atoms with Crippen LogP contribution in [0.3, 0.4) is 0 Å². The first kappa shape index (κ1) is 7.98. The van der Waals surface area contributed by atoms with Gasteiger partial charge in [-0.15, -0.1) is 0 Å². The third-order valence-corrected chi connectivity index (χ3v) is 2.46. The molecule has 0 aliphatic rings. The summed E-state index contributed by atoms with van der Waals surface area (Å²) in [6.45, 7) is 0. The summed E-state index contributed by atoms with van der Waals surface area (Å²) in [6, 6.07) is 10.9. The van der Waals surface area contributed by atoms with Crippen LogP contribution in [0.4, 0.5) is 4.39 Å². The predicted molar refractivity (Wildman–Crippen MR) is 56.6 cm³/mol. The maximum Gasteiger partial charge on any atom is 0.131 e. The summed E-state index contributed by atoms with van der Waals surface area (Å²) < 4.78 is 14.2. The molecule has 0 aromatic heterocycles. The first-order valence-electron chi connectivity index (χ1n) is 3.61. The molecule has 0 aliphatic carbocycles. The molecule has 0 radical (unpaired) electrons. The van der Waals surface area contributed by atoms with Crippen molar-refractivity contribution < 1.29 is 4.39 Å². The molecule has 0 heterocycles. The lowest BCUT2D eigenvalue weighted by Gasteiger charge is -1.98. The van der Waals surface area contributed by atoms with E-state index in [-0.39, 0.29) is 5.82 Å². The summed E-state index contributed by atoms with van der Waals surface area (Å²) in [5.74, 6) is -0.147. The highest BCUT2D eigenvalue weighted by Gasteiger charge is 1.98. The Morgan fingerprint density at radius 1 is 1.08 bits per heavy atom. The molecule has 60 valence electrons. The molecule has 0 nitrogen and oxygen atoms in total. The molecule has 0 aliphatic heterocycles. The molecule has 2 heteroatoms. The van der Waals surface area contributed by atoms with E-state index >= 15 is 0 Å². The van der Waals surface area contributed by atoms with Gasteiger partial charge in [-0.05, 0) is 46.2 Å². The first-order chi connectivity index (χ1) is 5.77. The third-order valence-electron chi connectivity index (χ3n) is 1.79. The van der Waals surface area contributed by atoms with Crippen molar-refractivity contribution >= 4 is 33.4 Å². The van der Waals surface area contributed by atoms with Crippen LogP contribution in [0.5, 0.6) is 0 Å². The summed E-state index contributed by atoms with van der Waals surface area (Å²) in [4.78, 5) is 0. The molecule has 0 N–H and O–H groups in total. The van der Waals surface area contributed by atoms with Gasteiger partial charge in [-0.2, -0.15) is 0 Å². The number of rotatable bonds is 0. The van der Waals surface area contributed by atoms with Gasteiger partial charge in [0, 0.05) is 8.96 Å². The van der Waals surface area contributed by atoms with E-state index < -0.39 is 0 Å². The second-order valence-electron chi connectivity index (χ2n) is 2.61. The molecular weight excluding hydrogens is 266 g/mol. The lowest BCUT2D eigenvalue weighted by atomic mass is 10.1. The molecule has 0 unspecified atom stereocenters. The predicted octanol–water partition coefficient (Wildman–Crippen LogP) is 3.58. The highest BCUT2D eigenvalue weighted by atomic mass is 127. The number of hydrogen-bond acceptors (Lipinski definition) is 0. The quantitative estimate of drug-likeness (QED) is 0.643. The number of halogens is 2. The van der Waals surface area contributed by atoms with Crippen molar-refractivity contribution in [2.75, 3.05) is 0 Å². The zero-order valence-corrected chi connectivity index (χ0v) is 8.38. The van der Waals surface area contributed by atoms with Gasteiger partial charge in [0.1, 0.15) is 5.82 Å². The highest BCUT2D eigenvalue weighted by molar-refractivity contribution is 14.1. The normalized spacial score (nSPS) is 10.5. The minimum atomic E-state index is -0.147. The van der Waals surface area contributed by atoms with Gasteiger partial charge in [-0.25, -0.2) is 4.39 Å². The van der Waals surface area contributed by atoms with Gasteiger partial charge in [0.15, 0.2) is 0 Å². The van der Waals surface area contributed by atoms with Crippen LogP contribution in [-0.4, -0.2) is 0 Å². The van der Waals surface area contributed by atoms with Crippen LogP contribution in [0.1, 0.15) is 0 Å². The fraction of sp³-hybridized carbons (Fsp3) is 0. The Hall–Kier alpha value is -0.640. The molecule has 0 amide bonds. The standard InChI is InChI=1S/C10H6FI/c11-10-3-1-2-7-4-5-8(12)6-9(7)10/h1-6H. The van der Waals surface area contributed by atoms with E-state index in [2.05, 4.69) is 22.6 Å². The van der Waals surface area contributed by atoms with Crippen molar-refractivity contribution in [3.05, 3.63) is 45.8 Å². The highest BCUT2D eigenvalue weighted by Crippen LogP contribution is 2.19. The second kappa shape index (κ2) is 3.01. The van der Waals surface area contributed by atoms with Crippen LogP contribution in [0, 0.1) is 9.39 Å². The van der Waals surface area contributed by atoms with E-state index in [1.165, 1.54) is 6.07 Å². The maximum atomic E-state index is 13.2. The molecule has 0 fully saturated rings. The van der Waals surface area contributed by atoms with Gasteiger partial charge in [0.25, 0.3) is 0 Å². The zero-order valence-electron chi connectivity index (χ0n) is 6.22. The Balaban J connectivity index is 2.88. The van der Waals surface area contributed by atoms with Crippen LogP contribution in [0.2, 0.25) is 0 Å².